The Morgan fingerprint density at radius 1 is 0.800 bits per heavy atom. The average Bonchev–Trinajstić information content (AvgIpc) is 2.45. The van der Waals surface area contributed by atoms with Crippen LogP contribution in [0.3, 0.4) is 0 Å². The second-order valence-corrected chi connectivity index (χ2v) is 4.75. The minimum absolute atomic E-state index is 0. The van der Waals surface area contributed by atoms with Crippen LogP contribution in [0.25, 0.3) is 0 Å². The predicted octanol–water partition coefficient (Wildman–Crippen LogP) is -0.688. The van der Waals surface area contributed by atoms with Crippen molar-refractivity contribution in [3.05, 3.63) is 60.8 Å². The fourth-order valence-corrected chi connectivity index (χ4v) is 2.43. The maximum Gasteiger partial charge on any atom is 1.00 e. The number of allylic oxidation sites excluding steroid dienone is 4. The molecule has 3 rings (SSSR count). The van der Waals surface area contributed by atoms with E-state index in [1.807, 2.05) is 0 Å². The molecule has 0 aromatic rings. The molecule has 4 heteroatoms. The van der Waals surface area contributed by atoms with Gasteiger partial charge in [0.25, 0.3) is 0 Å². The summed E-state index contributed by atoms with van der Waals surface area (Å²) in [5, 5.41) is 0. The van der Waals surface area contributed by atoms with Gasteiger partial charge in [0, 0.05) is 24.9 Å². The Balaban J connectivity index is 0.000000542. The largest absolute Gasteiger partial charge is 1.00 e. The first-order valence-electron chi connectivity index (χ1n) is 6.76. The Kier molecular flexibility index (Phi) is 11.1. The molecule has 0 atom stereocenters. The molecule has 20 heavy (non-hydrogen) atoms. The topological polar surface area (TPSA) is 52.0 Å². The van der Waals surface area contributed by atoms with Gasteiger partial charge in [-0.1, -0.05) is 12.2 Å². The van der Waals surface area contributed by atoms with E-state index in [9.17, 15) is 0 Å². The van der Waals surface area contributed by atoms with E-state index in [1.165, 1.54) is 37.5 Å². The molecule has 0 bridgehead atoms. The summed E-state index contributed by atoms with van der Waals surface area (Å²) in [6.45, 7) is 1.19. The van der Waals surface area contributed by atoms with Gasteiger partial charge in [0.15, 0.2) is 0 Å². The molecule has 111 valence electrons. The van der Waals surface area contributed by atoms with Crippen LogP contribution in [-0.4, -0.2) is 13.1 Å². The Labute approximate surface area is 143 Å². The van der Waals surface area contributed by atoms with Crippen molar-refractivity contribution in [1.82, 2.24) is 0 Å². The van der Waals surface area contributed by atoms with E-state index in [4.69, 9.17) is 11.5 Å². The third-order valence-electron chi connectivity index (χ3n) is 3.38. The summed E-state index contributed by atoms with van der Waals surface area (Å²) in [4.78, 5) is 0. The van der Waals surface area contributed by atoms with E-state index in [1.54, 1.807) is 11.1 Å². The molecular weight excluding hydrogens is 357 g/mol. The molecule has 0 aliphatic heterocycles. The van der Waals surface area contributed by atoms with Crippen LogP contribution < -0.4 is 23.9 Å². The maximum absolute atomic E-state index is 4.90. The molecule has 2 nitrogen and oxygen atoms in total. The molecular formula is C16H22ClN2Ru. The quantitative estimate of drug-likeness (QED) is 0.594. The monoisotopic (exact) mass is 379 g/mol. The number of hydrogen-bond acceptors (Lipinski definition) is 2. The van der Waals surface area contributed by atoms with Gasteiger partial charge in [-0.15, -0.1) is 0 Å². The number of hydrogen-bond donors (Lipinski definition) is 2. The van der Waals surface area contributed by atoms with Crippen LogP contribution in [0, 0.1) is 37.5 Å². The molecule has 0 aromatic carbocycles. The van der Waals surface area contributed by atoms with E-state index in [2.05, 4.69) is 37.8 Å². The number of fused-ring (bicyclic) bond motifs is 2. The zero-order valence-corrected chi connectivity index (χ0v) is 14.1. The first-order valence-corrected chi connectivity index (χ1v) is 6.76. The third-order valence-corrected chi connectivity index (χ3v) is 3.38. The van der Waals surface area contributed by atoms with Crippen LogP contribution in [0.5, 0.6) is 0 Å². The smallest absolute Gasteiger partial charge is 1.00 e. The Morgan fingerprint density at radius 3 is 1.55 bits per heavy atom. The molecule has 0 saturated heterocycles. The van der Waals surface area contributed by atoms with Gasteiger partial charge >= 0.3 is 19.5 Å². The second-order valence-electron chi connectivity index (χ2n) is 4.75. The van der Waals surface area contributed by atoms with Gasteiger partial charge < -0.3 is 23.9 Å². The van der Waals surface area contributed by atoms with Crippen LogP contribution in [0.2, 0.25) is 0 Å². The van der Waals surface area contributed by atoms with Crippen molar-refractivity contribution in [1.29, 1.82) is 0 Å². The average molecular weight is 379 g/mol. The Morgan fingerprint density at radius 2 is 1.20 bits per heavy atom. The zero-order chi connectivity index (χ0) is 12.8. The fourth-order valence-electron chi connectivity index (χ4n) is 2.43. The number of nitrogens with two attached hydrogens (primary N) is 2. The maximum atomic E-state index is 4.90. The molecule has 3 aliphatic carbocycles. The minimum atomic E-state index is 0. The molecule has 7 radical (unpaired) electrons. The number of rotatable bonds is 1. The van der Waals surface area contributed by atoms with Crippen molar-refractivity contribution in [2.24, 2.45) is 11.5 Å². The normalized spacial score (nSPS) is 21.7. The van der Waals surface area contributed by atoms with E-state index in [0.717, 1.165) is 0 Å². The SMILES string of the molecule is NCCN.[CH]1[CH][CH][C]2C=C3CCCCC3=C[C]2[CH]1.[Cl-].[Ru+]. The van der Waals surface area contributed by atoms with E-state index < -0.39 is 0 Å². The van der Waals surface area contributed by atoms with Crippen molar-refractivity contribution >= 4 is 0 Å². The van der Waals surface area contributed by atoms with Crippen molar-refractivity contribution in [3.8, 4) is 0 Å². The Hall–Kier alpha value is 0.313. The van der Waals surface area contributed by atoms with Crippen LogP contribution in [0.1, 0.15) is 25.7 Å². The van der Waals surface area contributed by atoms with E-state index in [-0.39, 0.29) is 31.9 Å². The summed E-state index contributed by atoms with van der Waals surface area (Å²) < 4.78 is 0. The molecule has 0 amide bonds. The fraction of sp³-hybridized carbons (Fsp3) is 0.375. The van der Waals surface area contributed by atoms with Gasteiger partial charge in [0.1, 0.15) is 0 Å². The van der Waals surface area contributed by atoms with Gasteiger partial charge in [-0.2, -0.15) is 0 Å². The summed E-state index contributed by atoms with van der Waals surface area (Å²) >= 11 is 0. The minimum Gasteiger partial charge on any atom is -1.00 e. The molecule has 2 saturated carbocycles. The second kappa shape index (κ2) is 11.0. The summed E-state index contributed by atoms with van der Waals surface area (Å²) in [5.74, 6) is 2.79. The summed E-state index contributed by atoms with van der Waals surface area (Å²) in [7, 11) is 0. The van der Waals surface area contributed by atoms with Crippen molar-refractivity contribution in [2.45, 2.75) is 25.7 Å². The molecule has 0 unspecified atom stereocenters. The van der Waals surface area contributed by atoms with Crippen LogP contribution in [0.15, 0.2) is 23.3 Å². The predicted molar refractivity (Wildman–Crippen MR) is 76.4 cm³/mol. The zero-order valence-electron chi connectivity index (χ0n) is 11.6. The molecule has 3 aliphatic rings. The summed E-state index contributed by atoms with van der Waals surface area (Å²) in [5.41, 5.74) is 13.0. The summed E-state index contributed by atoms with van der Waals surface area (Å²) in [6, 6.07) is 0. The van der Waals surface area contributed by atoms with Crippen LogP contribution in [-0.2, 0) is 19.5 Å². The molecule has 2 fully saturated rings. The Bertz CT molecular complexity index is 296. The van der Waals surface area contributed by atoms with Gasteiger partial charge in [0.2, 0.25) is 0 Å². The summed E-state index contributed by atoms with van der Waals surface area (Å²) in [6.07, 6.45) is 18.7. The molecule has 0 aromatic heterocycles. The van der Waals surface area contributed by atoms with Crippen LogP contribution >= 0.6 is 0 Å². The van der Waals surface area contributed by atoms with Crippen LogP contribution in [0.4, 0.5) is 0 Å². The van der Waals surface area contributed by atoms with Gasteiger partial charge in [-0.05, 0) is 62.5 Å². The first kappa shape index (κ1) is 20.3. The molecule has 0 spiro atoms. The van der Waals surface area contributed by atoms with Gasteiger partial charge in [-0.25, -0.2) is 0 Å². The van der Waals surface area contributed by atoms with E-state index >= 15 is 0 Å². The van der Waals surface area contributed by atoms with Crippen molar-refractivity contribution in [2.75, 3.05) is 13.1 Å². The standard InChI is InChI=1S/C14H14.C2H8N2.ClH.Ru/c1-2-6-12-10-14-8-4-3-7-13(14)9-11(12)5-1;3-1-2-4;;/h1-2,5-6,9-10H,3-4,7-8H2;1-4H2;1H;/q;;;+1/p-1. The number of halogens is 1. The van der Waals surface area contributed by atoms with Gasteiger partial charge in [-0.3, -0.25) is 0 Å². The van der Waals surface area contributed by atoms with E-state index in [0.29, 0.717) is 13.1 Å². The van der Waals surface area contributed by atoms with Gasteiger partial charge in [0.05, 0.1) is 0 Å². The van der Waals surface area contributed by atoms with Crippen molar-refractivity contribution in [3.63, 3.8) is 0 Å². The third kappa shape index (κ3) is 5.60. The molecule has 0 heterocycles. The first-order chi connectivity index (χ1) is 8.85. The van der Waals surface area contributed by atoms with Crippen molar-refractivity contribution < 1.29 is 31.9 Å². The molecule has 4 N–H and O–H groups in total.